The van der Waals surface area contributed by atoms with Gasteiger partial charge in [0.05, 0.1) is 11.4 Å². The second kappa shape index (κ2) is 9.05. The summed E-state index contributed by atoms with van der Waals surface area (Å²) in [6.45, 7) is 0. The average molecular weight is 440 g/mol. The number of carbonyl (C=O) groups excluding carboxylic acids is 1. The van der Waals surface area contributed by atoms with Gasteiger partial charge in [-0.3, -0.25) is 9.36 Å². The fourth-order valence-corrected chi connectivity index (χ4v) is 3.63. The molecule has 0 bridgehead atoms. The van der Waals surface area contributed by atoms with E-state index >= 15 is 0 Å². The van der Waals surface area contributed by atoms with E-state index < -0.39 is 17.5 Å². The van der Waals surface area contributed by atoms with Crippen LogP contribution in [0.3, 0.4) is 0 Å². The normalized spacial score (nSPS) is 10.8. The Bertz CT molecular complexity index is 1210. The minimum Gasteiger partial charge on any atom is -0.323 e. The minimum atomic E-state index is -1.12. The molecular formula is C22H15F3N4OS. The zero-order chi connectivity index (χ0) is 21.8. The number of thioether (sulfide) groups is 1. The van der Waals surface area contributed by atoms with E-state index in [2.05, 4.69) is 15.5 Å². The molecule has 3 aromatic carbocycles. The van der Waals surface area contributed by atoms with Gasteiger partial charge in [0.1, 0.15) is 5.82 Å². The Morgan fingerprint density at radius 1 is 0.903 bits per heavy atom. The zero-order valence-corrected chi connectivity index (χ0v) is 16.7. The van der Waals surface area contributed by atoms with Crippen LogP contribution >= 0.6 is 11.8 Å². The third kappa shape index (κ3) is 4.61. The third-order valence-electron chi connectivity index (χ3n) is 4.31. The topological polar surface area (TPSA) is 59.8 Å². The van der Waals surface area contributed by atoms with Crippen molar-refractivity contribution in [2.45, 2.75) is 5.16 Å². The SMILES string of the molecule is O=C(CSc1nnc(-c2ccc(F)cc2)n1-c1ccccc1)Nc1cccc(F)c1F. The number of aromatic nitrogens is 3. The molecule has 0 aliphatic carbocycles. The number of amides is 1. The van der Waals surface area contributed by atoms with Crippen molar-refractivity contribution in [1.82, 2.24) is 14.8 Å². The van der Waals surface area contributed by atoms with Crippen molar-refractivity contribution in [3.8, 4) is 17.1 Å². The molecule has 0 fully saturated rings. The molecule has 0 unspecified atom stereocenters. The minimum absolute atomic E-state index is 0.107. The highest BCUT2D eigenvalue weighted by Gasteiger charge is 2.18. The summed E-state index contributed by atoms with van der Waals surface area (Å²) >= 11 is 1.08. The number of anilines is 1. The Morgan fingerprint density at radius 2 is 1.65 bits per heavy atom. The summed E-state index contributed by atoms with van der Waals surface area (Å²) in [7, 11) is 0. The number of para-hydroxylation sites is 1. The highest BCUT2D eigenvalue weighted by molar-refractivity contribution is 7.99. The van der Waals surface area contributed by atoms with Gasteiger partial charge in [-0.2, -0.15) is 0 Å². The maximum Gasteiger partial charge on any atom is 0.234 e. The van der Waals surface area contributed by atoms with Crippen molar-refractivity contribution < 1.29 is 18.0 Å². The molecular weight excluding hydrogens is 425 g/mol. The lowest BCUT2D eigenvalue weighted by atomic mass is 10.2. The first-order valence-corrected chi connectivity index (χ1v) is 10.1. The van der Waals surface area contributed by atoms with E-state index in [1.807, 2.05) is 30.3 Å². The lowest BCUT2D eigenvalue weighted by Gasteiger charge is -2.10. The predicted molar refractivity (Wildman–Crippen MR) is 112 cm³/mol. The maximum absolute atomic E-state index is 13.8. The van der Waals surface area contributed by atoms with Crippen molar-refractivity contribution in [2.24, 2.45) is 0 Å². The van der Waals surface area contributed by atoms with Crippen molar-refractivity contribution in [3.63, 3.8) is 0 Å². The zero-order valence-electron chi connectivity index (χ0n) is 15.9. The van der Waals surface area contributed by atoms with E-state index in [9.17, 15) is 18.0 Å². The molecule has 1 N–H and O–H groups in total. The molecule has 1 aromatic heterocycles. The Balaban J connectivity index is 1.59. The number of nitrogens with one attached hydrogen (secondary N) is 1. The molecule has 9 heteroatoms. The van der Waals surface area contributed by atoms with Gasteiger partial charge in [0.25, 0.3) is 0 Å². The smallest absolute Gasteiger partial charge is 0.234 e. The highest BCUT2D eigenvalue weighted by Crippen LogP contribution is 2.28. The Morgan fingerprint density at radius 3 is 2.39 bits per heavy atom. The summed E-state index contributed by atoms with van der Waals surface area (Å²) in [5.74, 6) is -2.69. The van der Waals surface area contributed by atoms with E-state index in [-0.39, 0.29) is 17.3 Å². The van der Waals surface area contributed by atoms with Crippen molar-refractivity contribution >= 4 is 23.4 Å². The molecule has 0 radical (unpaired) electrons. The fraction of sp³-hybridized carbons (Fsp3) is 0.0455. The average Bonchev–Trinajstić information content (AvgIpc) is 3.20. The van der Waals surface area contributed by atoms with Crippen LogP contribution in [0, 0.1) is 17.5 Å². The highest BCUT2D eigenvalue weighted by atomic mass is 32.2. The van der Waals surface area contributed by atoms with Crippen LogP contribution in [-0.2, 0) is 4.79 Å². The number of benzene rings is 3. The van der Waals surface area contributed by atoms with Crippen LogP contribution in [0.5, 0.6) is 0 Å². The van der Waals surface area contributed by atoms with Gasteiger partial charge in [-0.1, -0.05) is 36.0 Å². The second-order valence-corrected chi connectivity index (χ2v) is 7.36. The molecule has 156 valence electrons. The van der Waals surface area contributed by atoms with Crippen LogP contribution in [0.2, 0.25) is 0 Å². The van der Waals surface area contributed by atoms with Gasteiger partial charge in [-0.15, -0.1) is 10.2 Å². The maximum atomic E-state index is 13.8. The predicted octanol–water partition coefficient (Wildman–Crippen LogP) is 5.08. The van der Waals surface area contributed by atoms with Gasteiger partial charge in [0, 0.05) is 11.3 Å². The van der Waals surface area contributed by atoms with Crippen LogP contribution < -0.4 is 5.32 Å². The van der Waals surface area contributed by atoms with Crippen LogP contribution in [0.1, 0.15) is 0 Å². The lowest BCUT2D eigenvalue weighted by molar-refractivity contribution is -0.113. The van der Waals surface area contributed by atoms with Gasteiger partial charge in [0.15, 0.2) is 22.6 Å². The molecule has 1 amide bonds. The van der Waals surface area contributed by atoms with E-state index in [1.165, 1.54) is 24.3 Å². The Kier molecular flexibility index (Phi) is 6.03. The van der Waals surface area contributed by atoms with Gasteiger partial charge in [0.2, 0.25) is 5.91 Å². The number of nitrogens with zero attached hydrogens (tertiary/aromatic N) is 3. The van der Waals surface area contributed by atoms with Gasteiger partial charge >= 0.3 is 0 Å². The second-order valence-electron chi connectivity index (χ2n) is 6.42. The Hall–Kier alpha value is -3.59. The Labute approximate surface area is 179 Å². The summed E-state index contributed by atoms with van der Waals surface area (Å²) in [5.41, 5.74) is 1.17. The third-order valence-corrected chi connectivity index (χ3v) is 5.24. The van der Waals surface area contributed by atoms with Crippen LogP contribution in [0.4, 0.5) is 18.9 Å². The molecule has 4 rings (SSSR count). The number of halogens is 3. The van der Waals surface area contributed by atoms with Gasteiger partial charge in [-0.25, -0.2) is 13.2 Å². The first kappa shape index (κ1) is 20.7. The molecule has 0 atom stereocenters. The summed E-state index contributed by atoms with van der Waals surface area (Å²) in [6, 6.07) is 18.6. The summed E-state index contributed by atoms with van der Waals surface area (Å²) < 4.78 is 42.2. The number of hydrogen-bond donors (Lipinski definition) is 1. The van der Waals surface area contributed by atoms with E-state index in [0.29, 0.717) is 16.5 Å². The van der Waals surface area contributed by atoms with Gasteiger partial charge < -0.3 is 5.32 Å². The quantitative estimate of drug-likeness (QED) is 0.425. The van der Waals surface area contributed by atoms with Crippen molar-refractivity contribution in [2.75, 3.05) is 11.1 Å². The standard InChI is InChI=1S/C22H15F3N4OS/c23-15-11-9-14(10-12-15)21-27-28-22(29(21)16-5-2-1-3-6-16)31-13-19(30)26-18-8-4-7-17(24)20(18)25/h1-12H,13H2,(H,26,30). The summed E-state index contributed by atoms with van der Waals surface area (Å²) in [6.07, 6.45) is 0. The molecule has 31 heavy (non-hydrogen) atoms. The van der Waals surface area contributed by atoms with E-state index in [1.54, 1.807) is 16.7 Å². The van der Waals surface area contributed by atoms with E-state index in [0.717, 1.165) is 23.5 Å². The number of rotatable bonds is 6. The molecule has 1 heterocycles. The van der Waals surface area contributed by atoms with Crippen LogP contribution in [0.15, 0.2) is 78.0 Å². The first-order chi connectivity index (χ1) is 15.0. The number of hydrogen-bond acceptors (Lipinski definition) is 4. The molecule has 0 spiro atoms. The summed E-state index contributed by atoms with van der Waals surface area (Å²) in [5, 5.41) is 11.1. The lowest BCUT2D eigenvalue weighted by Crippen LogP contribution is -2.16. The summed E-state index contributed by atoms with van der Waals surface area (Å²) in [4.78, 5) is 12.3. The van der Waals surface area contributed by atoms with Crippen LogP contribution in [0.25, 0.3) is 17.1 Å². The molecule has 0 aliphatic heterocycles. The van der Waals surface area contributed by atoms with Gasteiger partial charge in [-0.05, 0) is 48.5 Å². The van der Waals surface area contributed by atoms with Crippen molar-refractivity contribution in [1.29, 1.82) is 0 Å². The molecule has 0 aliphatic rings. The van der Waals surface area contributed by atoms with E-state index in [4.69, 9.17) is 0 Å². The molecule has 5 nitrogen and oxygen atoms in total. The first-order valence-electron chi connectivity index (χ1n) is 9.16. The fourth-order valence-electron chi connectivity index (χ4n) is 2.88. The van der Waals surface area contributed by atoms with Crippen LogP contribution in [-0.4, -0.2) is 26.4 Å². The van der Waals surface area contributed by atoms with Crippen molar-refractivity contribution in [3.05, 3.63) is 90.2 Å². The molecule has 0 saturated carbocycles. The molecule has 4 aromatic rings. The molecule has 0 saturated heterocycles. The number of carbonyl (C=O) groups is 1. The monoisotopic (exact) mass is 440 g/mol. The largest absolute Gasteiger partial charge is 0.323 e.